The number of anilines is 2. The highest BCUT2D eigenvalue weighted by molar-refractivity contribution is 7.11. The summed E-state index contributed by atoms with van der Waals surface area (Å²) in [6, 6.07) is 3.90. The lowest BCUT2D eigenvalue weighted by molar-refractivity contribution is 0.283. The van der Waals surface area contributed by atoms with Crippen LogP contribution in [0.2, 0.25) is 0 Å². The highest BCUT2D eigenvalue weighted by Crippen LogP contribution is 2.38. The fourth-order valence-electron chi connectivity index (χ4n) is 2.08. The molecular formula is C14H20N4OS. The van der Waals surface area contributed by atoms with Gasteiger partial charge in [-0.1, -0.05) is 0 Å². The van der Waals surface area contributed by atoms with Gasteiger partial charge < -0.3 is 15.7 Å². The molecule has 0 radical (unpaired) electrons. The van der Waals surface area contributed by atoms with Crippen molar-refractivity contribution < 1.29 is 5.11 Å². The van der Waals surface area contributed by atoms with E-state index in [4.69, 9.17) is 10.8 Å². The van der Waals surface area contributed by atoms with Gasteiger partial charge >= 0.3 is 0 Å². The maximum Gasteiger partial charge on any atom is 0.147 e. The van der Waals surface area contributed by atoms with E-state index >= 15 is 0 Å². The molecule has 0 aliphatic heterocycles. The number of hydrogen-bond acceptors (Lipinski definition) is 6. The molecule has 0 aliphatic carbocycles. The SMILES string of the molecule is CN(CCCCCO)c1snc(N)c1-c1ccncc1. The normalized spacial score (nSPS) is 10.7. The monoisotopic (exact) mass is 292 g/mol. The second-order valence-corrected chi connectivity index (χ2v) is 5.44. The van der Waals surface area contributed by atoms with Crippen molar-refractivity contribution >= 4 is 22.4 Å². The Morgan fingerprint density at radius 1 is 1.25 bits per heavy atom. The predicted octanol–water partition coefficient (Wildman–Crippen LogP) is 2.39. The third kappa shape index (κ3) is 3.46. The first-order valence-electron chi connectivity index (χ1n) is 6.71. The third-order valence-electron chi connectivity index (χ3n) is 3.17. The maximum atomic E-state index is 8.80. The molecule has 0 fully saturated rings. The minimum absolute atomic E-state index is 0.263. The van der Waals surface area contributed by atoms with Crippen LogP contribution in [0.25, 0.3) is 11.1 Å². The Labute approximate surface area is 123 Å². The lowest BCUT2D eigenvalue weighted by atomic mass is 10.1. The number of pyridine rings is 1. The quantitative estimate of drug-likeness (QED) is 0.766. The zero-order valence-corrected chi connectivity index (χ0v) is 12.4. The largest absolute Gasteiger partial charge is 0.396 e. The van der Waals surface area contributed by atoms with Crippen LogP contribution in [0, 0.1) is 0 Å². The smallest absolute Gasteiger partial charge is 0.147 e. The van der Waals surface area contributed by atoms with E-state index in [-0.39, 0.29) is 6.61 Å². The molecule has 0 spiro atoms. The van der Waals surface area contributed by atoms with E-state index in [1.165, 1.54) is 11.5 Å². The number of hydrogen-bond donors (Lipinski definition) is 2. The second-order valence-electron chi connectivity index (χ2n) is 4.69. The zero-order valence-electron chi connectivity index (χ0n) is 11.6. The third-order valence-corrected chi connectivity index (χ3v) is 4.14. The number of aliphatic hydroxyl groups is 1. The summed E-state index contributed by atoms with van der Waals surface area (Å²) in [5.74, 6) is 0.568. The van der Waals surface area contributed by atoms with E-state index in [1.807, 2.05) is 12.1 Å². The van der Waals surface area contributed by atoms with Gasteiger partial charge in [0.25, 0.3) is 0 Å². The van der Waals surface area contributed by atoms with E-state index in [2.05, 4.69) is 21.3 Å². The van der Waals surface area contributed by atoms with Gasteiger partial charge in [-0.3, -0.25) is 4.98 Å². The summed E-state index contributed by atoms with van der Waals surface area (Å²) in [6.07, 6.45) is 6.45. The zero-order chi connectivity index (χ0) is 14.4. The summed E-state index contributed by atoms with van der Waals surface area (Å²) >= 11 is 1.42. The molecule has 0 unspecified atom stereocenters. The molecule has 0 bridgehead atoms. The summed E-state index contributed by atoms with van der Waals surface area (Å²) in [6.45, 7) is 1.19. The number of unbranched alkanes of at least 4 members (excludes halogenated alkanes) is 2. The Morgan fingerprint density at radius 2 is 2.00 bits per heavy atom. The predicted molar refractivity (Wildman–Crippen MR) is 84.0 cm³/mol. The maximum absolute atomic E-state index is 8.80. The van der Waals surface area contributed by atoms with Crippen LogP contribution >= 0.6 is 11.5 Å². The fourth-order valence-corrected chi connectivity index (χ4v) is 2.90. The van der Waals surface area contributed by atoms with Crippen LogP contribution < -0.4 is 10.6 Å². The van der Waals surface area contributed by atoms with Gasteiger partial charge in [0.1, 0.15) is 10.8 Å². The van der Waals surface area contributed by atoms with Crippen LogP contribution in [-0.4, -0.2) is 34.7 Å². The topological polar surface area (TPSA) is 75.3 Å². The first kappa shape index (κ1) is 14.7. The number of nitrogens with zero attached hydrogens (tertiary/aromatic N) is 3. The second kappa shape index (κ2) is 7.21. The summed E-state index contributed by atoms with van der Waals surface area (Å²) in [7, 11) is 2.05. The van der Waals surface area contributed by atoms with E-state index < -0.39 is 0 Å². The van der Waals surface area contributed by atoms with Crippen molar-refractivity contribution in [3.05, 3.63) is 24.5 Å². The van der Waals surface area contributed by atoms with Gasteiger partial charge in [-0.2, -0.15) is 4.37 Å². The molecule has 2 aromatic heterocycles. The van der Waals surface area contributed by atoms with Gasteiger partial charge in [0.05, 0.1) is 5.56 Å². The number of aliphatic hydroxyl groups excluding tert-OH is 1. The summed E-state index contributed by atoms with van der Waals surface area (Å²) in [5.41, 5.74) is 8.04. The van der Waals surface area contributed by atoms with Crippen molar-refractivity contribution in [1.29, 1.82) is 0 Å². The lowest BCUT2D eigenvalue weighted by Crippen LogP contribution is -2.18. The van der Waals surface area contributed by atoms with Crippen molar-refractivity contribution in [3.8, 4) is 11.1 Å². The number of rotatable bonds is 7. The molecular weight excluding hydrogens is 272 g/mol. The van der Waals surface area contributed by atoms with Crippen LogP contribution in [0.15, 0.2) is 24.5 Å². The molecule has 0 saturated heterocycles. The first-order chi connectivity index (χ1) is 9.74. The molecule has 2 aromatic rings. The Kier molecular flexibility index (Phi) is 5.31. The Bertz CT molecular complexity index is 529. The molecule has 0 atom stereocenters. The summed E-state index contributed by atoms with van der Waals surface area (Å²) in [5, 5.41) is 9.88. The summed E-state index contributed by atoms with van der Waals surface area (Å²) in [4.78, 5) is 6.22. The molecule has 5 nitrogen and oxygen atoms in total. The molecule has 0 aliphatic rings. The molecule has 2 rings (SSSR count). The van der Waals surface area contributed by atoms with Crippen LogP contribution in [0.5, 0.6) is 0 Å². The van der Waals surface area contributed by atoms with Crippen LogP contribution in [0.4, 0.5) is 10.8 Å². The van der Waals surface area contributed by atoms with E-state index in [9.17, 15) is 0 Å². The van der Waals surface area contributed by atoms with E-state index in [1.54, 1.807) is 12.4 Å². The van der Waals surface area contributed by atoms with Gasteiger partial charge in [0.2, 0.25) is 0 Å². The number of aromatic nitrogens is 2. The Hall–Kier alpha value is -1.66. The molecule has 2 heterocycles. The first-order valence-corrected chi connectivity index (χ1v) is 7.49. The highest BCUT2D eigenvalue weighted by Gasteiger charge is 2.16. The minimum Gasteiger partial charge on any atom is -0.396 e. The van der Waals surface area contributed by atoms with Gasteiger partial charge in [0.15, 0.2) is 0 Å². The average Bonchev–Trinajstić information content (AvgIpc) is 2.86. The van der Waals surface area contributed by atoms with Gasteiger partial charge in [0, 0.05) is 32.6 Å². The molecule has 108 valence electrons. The number of nitrogen functional groups attached to an aromatic ring is 1. The number of nitrogens with two attached hydrogens (primary N) is 1. The van der Waals surface area contributed by atoms with E-state index in [0.29, 0.717) is 5.82 Å². The van der Waals surface area contributed by atoms with Crippen molar-refractivity contribution in [2.75, 3.05) is 30.8 Å². The van der Waals surface area contributed by atoms with Crippen molar-refractivity contribution in [1.82, 2.24) is 9.36 Å². The lowest BCUT2D eigenvalue weighted by Gasteiger charge is -2.18. The highest BCUT2D eigenvalue weighted by atomic mass is 32.1. The van der Waals surface area contributed by atoms with Crippen LogP contribution in [0.1, 0.15) is 19.3 Å². The van der Waals surface area contributed by atoms with Gasteiger partial charge in [-0.05, 0) is 48.5 Å². The van der Waals surface area contributed by atoms with Crippen LogP contribution in [-0.2, 0) is 0 Å². The van der Waals surface area contributed by atoms with Crippen molar-refractivity contribution in [2.45, 2.75) is 19.3 Å². The van der Waals surface area contributed by atoms with Crippen molar-refractivity contribution in [3.63, 3.8) is 0 Å². The molecule has 3 N–H and O–H groups in total. The van der Waals surface area contributed by atoms with Crippen LogP contribution in [0.3, 0.4) is 0 Å². The summed E-state index contributed by atoms with van der Waals surface area (Å²) < 4.78 is 4.28. The van der Waals surface area contributed by atoms with Gasteiger partial charge in [-0.25, -0.2) is 0 Å². The molecule has 0 aromatic carbocycles. The van der Waals surface area contributed by atoms with Crippen molar-refractivity contribution in [2.24, 2.45) is 0 Å². The Balaban J connectivity index is 2.13. The molecule has 20 heavy (non-hydrogen) atoms. The minimum atomic E-state index is 0.263. The molecule has 0 amide bonds. The molecule has 0 saturated carbocycles. The van der Waals surface area contributed by atoms with Gasteiger partial charge in [-0.15, -0.1) is 0 Å². The molecule has 6 heteroatoms. The average molecular weight is 292 g/mol. The van der Waals surface area contributed by atoms with E-state index in [0.717, 1.165) is 41.9 Å². The Morgan fingerprint density at radius 3 is 2.70 bits per heavy atom. The fraction of sp³-hybridized carbons (Fsp3) is 0.429. The standard InChI is InChI=1S/C14H20N4OS/c1-18(9-3-2-4-10-19)14-12(13(15)17-20-14)11-5-7-16-8-6-11/h5-8,19H,2-4,9-10H2,1H3,(H2,15,17).